The second kappa shape index (κ2) is 9.42. The summed E-state index contributed by atoms with van der Waals surface area (Å²) in [6, 6.07) is 23.0. The zero-order chi connectivity index (χ0) is 25.4. The summed E-state index contributed by atoms with van der Waals surface area (Å²) in [6.45, 7) is 2.38. The largest absolute Gasteiger partial charge is 0.497 e. The molecule has 9 nitrogen and oxygen atoms in total. The third-order valence-electron chi connectivity index (χ3n) is 6.76. The van der Waals surface area contributed by atoms with Gasteiger partial charge in [0.1, 0.15) is 11.5 Å². The van der Waals surface area contributed by atoms with Crippen LogP contribution in [0.1, 0.15) is 10.4 Å². The average molecular weight is 495 g/mol. The van der Waals surface area contributed by atoms with E-state index in [1.807, 2.05) is 76.0 Å². The molecule has 3 heterocycles. The molecule has 186 valence electrons. The van der Waals surface area contributed by atoms with Gasteiger partial charge in [-0.25, -0.2) is 9.38 Å². The van der Waals surface area contributed by atoms with Crippen LogP contribution in [-0.4, -0.2) is 70.8 Å². The van der Waals surface area contributed by atoms with Crippen molar-refractivity contribution in [3.8, 4) is 22.9 Å². The van der Waals surface area contributed by atoms with Crippen molar-refractivity contribution in [2.45, 2.75) is 0 Å². The molecule has 2 aromatic heterocycles. The molecule has 1 aliphatic rings. The van der Waals surface area contributed by atoms with E-state index in [1.54, 1.807) is 20.3 Å². The number of benzene rings is 3. The Balaban J connectivity index is 1.37. The zero-order valence-corrected chi connectivity index (χ0v) is 20.7. The number of methoxy groups -OCH3 is 2. The molecule has 1 fully saturated rings. The highest BCUT2D eigenvalue weighted by Gasteiger charge is 2.27. The number of carbonyl (C=O) groups excluding carboxylic acids is 1. The van der Waals surface area contributed by atoms with Gasteiger partial charge in [0.2, 0.25) is 5.95 Å². The second-order valence-corrected chi connectivity index (χ2v) is 8.82. The minimum Gasteiger partial charge on any atom is -0.497 e. The van der Waals surface area contributed by atoms with Crippen LogP contribution in [0.2, 0.25) is 0 Å². The standard InChI is InChI=1S/C28H26N6O3/c1-36-20-13-11-19(12-14-20)25-30-31-26-21-7-3-5-9-23(21)29-28(34(25)26)33-17-15-32(16-18-33)27(35)22-8-4-6-10-24(22)37-2/h3-14H,15-18H2,1-2H3. The van der Waals surface area contributed by atoms with Gasteiger partial charge in [0.05, 0.1) is 25.3 Å². The molecular formula is C28H26N6O3. The molecule has 0 unspecified atom stereocenters. The first-order chi connectivity index (χ1) is 18.2. The van der Waals surface area contributed by atoms with Crippen molar-refractivity contribution < 1.29 is 14.3 Å². The van der Waals surface area contributed by atoms with Gasteiger partial charge in [0.25, 0.3) is 5.91 Å². The molecular weight excluding hydrogens is 468 g/mol. The second-order valence-electron chi connectivity index (χ2n) is 8.82. The molecule has 5 aromatic rings. The fourth-order valence-electron chi connectivity index (χ4n) is 4.81. The van der Waals surface area contributed by atoms with Gasteiger partial charge >= 0.3 is 0 Å². The van der Waals surface area contributed by atoms with Crippen LogP contribution in [0.25, 0.3) is 27.9 Å². The van der Waals surface area contributed by atoms with Gasteiger partial charge in [-0.2, -0.15) is 0 Å². The van der Waals surface area contributed by atoms with Crippen LogP contribution in [0.3, 0.4) is 0 Å². The molecule has 1 amide bonds. The number of aromatic nitrogens is 4. The third-order valence-corrected chi connectivity index (χ3v) is 6.76. The van der Waals surface area contributed by atoms with Crippen LogP contribution in [0, 0.1) is 0 Å². The normalized spacial score (nSPS) is 13.8. The maximum Gasteiger partial charge on any atom is 0.257 e. The molecule has 9 heteroatoms. The maximum absolute atomic E-state index is 13.2. The fraction of sp³-hybridized carbons (Fsp3) is 0.214. The van der Waals surface area contributed by atoms with Crippen molar-refractivity contribution >= 4 is 28.4 Å². The Morgan fingerprint density at radius 2 is 1.54 bits per heavy atom. The predicted octanol–water partition coefficient (Wildman–Crippen LogP) is 3.92. The zero-order valence-electron chi connectivity index (χ0n) is 20.7. The Bertz CT molecular complexity index is 1590. The van der Waals surface area contributed by atoms with Gasteiger partial charge in [-0.15, -0.1) is 10.2 Å². The summed E-state index contributed by atoms with van der Waals surface area (Å²) in [6.07, 6.45) is 0. The van der Waals surface area contributed by atoms with Gasteiger partial charge in [-0.3, -0.25) is 4.79 Å². The van der Waals surface area contributed by atoms with Crippen LogP contribution in [-0.2, 0) is 0 Å². The number of rotatable bonds is 5. The first-order valence-corrected chi connectivity index (χ1v) is 12.1. The summed E-state index contributed by atoms with van der Waals surface area (Å²) < 4.78 is 12.7. The van der Waals surface area contributed by atoms with Crippen LogP contribution in [0.15, 0.2) is 72.8 Å². The monoisotopic (exact) mass is 494 g/mol. The van der Waals surface area contributed by atoms with E-state index in [-0.39, 0.29) is 5.91 Å². The van der Waals surface area contributed by atoms with Crippen LogP contribution in [0.4, 0.5) is 5.95 Å². The van der Waals surface area contributed by atoms with Crippen molar-refractivity contribution in [2.75, 3.05) is 45.3 Å². The Morgan fingerprint density at radius 3 is 2.30 bits per heavy atom. The highest BCUT2D eigenvalue weighted by Crippen LogP contribution is 2.30. The van der Waals surface area contributed by atoms with Crippen molar-refractivity contribution in [1.82, 2.24) is 24.5 Å². The lowest BCUT2D eigenvalue weighted by molar-refractivity contribution is 0.0743. The molecule has 3 aromatic carbocycles. The number of hydrogen-bond acceptors (Lipinski definition) is 7. The van der Waals surface area contributed by atoms with E-state index in [4.69, 9.17) is 14.5 Å². The number of carbonyl (C=O) groups is 1. The first-order valence-electron chi connectivity index (χ1n) is 12.1. The Kier molecular flexibility index (Phi) is 5.80. The highest BCUT2D eigenvalue weighted by atomic mass is 16.5. The number of anilines is 1. The smallest absolute Gasteiger partial charge is 0.257 e. The Hall–Kier alpha value is -4.66. The molecule has 37 heavy (non-hydrogen) atoms. The third kappa shape index (κ3) is 3.98. The molecule has 0 radical (unpaired) electrons. The van der Waals surface area contributed by atoms with E-state index in [0.717, 1.165) is 33.8 Å². The quantitative estimate of drug-likeness (QED) is 0.366. The summed E-state index contributed by atoms with van der Waals surface area (Å²) in [4.78, 5) is 22.3. The number of ether oxygens (including phenoxy) is 2. The Morgan fingerprint density at radius 1 is 0.811 bits per heavy atom. The van der Waals surface area contributed by atoms with Gasteiger partial charge in [0.15, 0.2) is 11.5 Å². The number of para-hydroxylation sites is 2. The summed E-state index contributed by atoms with van der Waals surface area (Å²) in [5.74, 6) is 2.79. The molecule has 0 atom stereocenters. The van der Waals surface area contributed by atoms with Gasteiger partial charge in [-0.05, 0) is 48.5 Å². The minimum atomic E-state index is -0.0306. The predicted molar refractivity (Wildman–Crippen MR) is 141 cm³/mol. The molecule has 0 spiro atoms. The molecule has 0 saturated carbocycles. The van der Waals surface area contributed by atoms with Crippen molar-refractivity contribution in [2.24, 2.45) is 0 Å². The molecule has 0 bridgehead atoms. The first kappa shape index (κ1) is 22.8. The lowest BCUT2D eigenvalue weighted by atomic mass is 10.1. The van der Waals surface area contributed by atoms with Crippen LogP contribution in [0.5, 0.6) is 11.5 Å². The van der Waals surface area contributed by atoms with Crippen molar-refractivity contribution in [3.05, 3.63) is 78.4 Å². The molecule has 6 rings (SSSR count). The summed E-state index contributed by atoms with van der Waals surface area (Å²) in [5, 5.41) is 10.0. The van der Waals surface area contributed by atoms with E-state index < -0.39 is 0 Å². The lowest BCUT2D eigenvalue weighted by Gasteiger charge is -2.35. The summed E-state index contributed by atoms with van der Waals surface area (Å²) in [5.41, 5.74) is 3.09. The summed E-state index contributed by atoms with van der Waals surface area (Å²) in [7, 11) is 3.23. The topological polar surface area (TPSA) is 85.1 Å². The lowest BCUT2D eigenvalue weighted by Crippen LogP contribution is -2.49. The van der Waals surface area contributed by atoms with Gasteiger partial charge in [-0.1, -0.05) is 24.3 Å². The maximum atomic E-state index is 13.2. The molecule has 0 N–H and O–H groups in total. The van der Waals surface area contributed by atoms with E-state index in [1.165, 1.54) is 0 Å². The van der Waals surface area contributed by atoms with E-state index in [2.05, 4.69) is 15.1 Å². The fourth-order valence-corrected chi connectivity index (χ4v) is 4.81. The van der Waals surface area contributed by atoms with E-state index in [0.29, 0.717) is 43.3 Å². The van der Waals surface area contributed by atoms with Crippen molar-refractivity contribution in [3.63, 3.8) is 0 Å². The van der Waals surface area contributed by atoms with Gasteiger partial charge in [0, 0.05) is 37.1 Å². The summed E-state index contributed by atoms with van der Waals surface area (Å²) >= 11 is 0. The van der Waals surface area contributed by atoms with Crippen molar-refractivity contribution in [1.29, 1.82) is 0 Å². The molecule has 1 saturated heterocycles. The number of hydrogen-bond donors (Lipinski definition) is 0. The highest BCUT2D eigenvalue weighted by molar-refractivity contribution is 5.97. The molecule has 0 aliphatic carbocycles. The van der Waals surface area contributed by atoms with Crippen LogP contribution < -0.4 is 14.4 Å². The van der Waals surface area contributed by atoms with E-state index >= 15 is 0 Å². The minimum absolute atomic E-state index is 0.0306. The SMILES string of the molecule is COc1ccc(-c2nnc3c4ccccc4nc(N4CCN(C(=O)c5ccccc5OC)CC4)n23)cc1. The Labute approximate surface area is 213 Å². The number of fused-ring (bicyclic) bond motifs is 3. The number of piperazine rings is 1. The van der Waals surface area contributed by atoms with Gasteiger partial charge < -0.3 is 19.3 Å². The van der Waals surface area contributed by atoms with Crippen LogP contribution >= 0.6 is 0 Å². The molecule has 1 aliphatic heterocycles. The number of nitrogens with zero attached hydrogens (tertiary/aromatic N) is 6. The van der Waals surface area contributed by atoms with E-state index in [9.17, 15) is 4.79 Å². The average Bonchev–Trinajstić information content (AvgIpc) is 3.42. The number of amides is 1.